The van der Waals surface area contributed by atoms with E-state index in [-0.39, 0.29) is 5.82 Å². The normalized spacial score (nSPS) is 16.4. The van der Waals surface area contributed by atoms with Crippen LogP contribution in [0.4, 0.5) is 19.0 Å². The van der Waals surface area contributed by atoms with Crippen molar-refractivity contribution in [1.29, 1.82) is 0 Å². The molecule has 0 bridgehead atoms. The summed E-state index contributed by atoms with van der Waals surface area (Å²) in [5, 5.41) is 0. The van der Waals surface area contributed by atoms with Gasteiger partial charge in [-0.3, -0.25) is 0 Å². The Kier molecular flexibility index (Phi) is 1.19. The fourth-order valence-corrected chi connectivity index (χ4v) is 0.703. The number of aromatic nitrogens is 1. The number of nitrogens with two attached hydrogens (primary N) is 1. The summed E-state index contributed by atoms with van der Waals surface area (Å²) in [6.45, 7) is -2.93. The van der Waals surface area contributed by atoms with Crippen molar-refractivity contribution in [1.82, 2.24) is 4.98 Å². The summed E-state index contributed by atoms with van der Waals surface area (Å²) in [6, 6.07) is 1.53. The number of hydrogen-bond acceptors (Lipinski definition) is 2. The third-order valence-corrected chi connectivity index (χ3v) is 1.22. The fraction of sp³-hybridized carbons (Fsp3) is 0.286. The number of hydrogen-bond donors (Lipinski definition) is 1. The first-order chi connectivity index (χ1) is 6.62. The Bertz CT molecular complexity index is 373. The minimum absolute atomic E-state index is 0.255. The predicted octanol–water partition coefficient (Wildman–Crippen LogP) is 1.99. The molecule has 0 radical (unpaired) electrons. The minimum atomic E-state index is -4.75. The maximum atomic E-state index is 12.4. The van der Waals surface area contributed by atoms with Crippen LogP contribution in [0, 0.1) is 6.85 Å². The average molecular weight is 179 g/mol. The second kappa shape index (κ2) is 2.66. The highest BCUT2D eigenvalue weighted by Gasteiger charge is 2.32. The zero-order chi connectivity index (χ0) is 11.9. The molecule has 1 aromatic heterocycles. The van der Waals surface area contributed by atoms with Crippen LogP contribution in [0.5, 0.6) is 0 Å². The molecule has 0 aromatic carbocycles. The molecule has 0 atom stereocenters. The lowest BCUT2D eigenvalue weighted by molar-refractivity contribution is -0.138. The lowest BCUT2D eigenvalue weighted by Gasteiger charge is -2.08. The van der Waals surface area contributed by atoms with Crippen molar-refractivity contribution >= 4 is 5.82 Å². The van der Waals surface area contributed by atoms with E-state index in [0.717, 1.165) is 6.07 Å². The Morgan fingerprint density at radius 1 is 1.50 bits per heavy atom. The van der Waals surface area contributed by atoms with Crippen molar-refractivity contribution in [3.63, 3.8) is 0 Å². The summed E-state index contributed by atoms with van der Waals surface area (Å²) >= 11 is 0. The van der Waals surface area contributed by atoms with Crippen molar-refractivity contribution < 1.29 is 17.3 Å². The second-order valence-corrected chi connectivity index (χ2v) is 2.13. The SMILES string of the molecule is [2H]C([2H])([2H])c1nc(N)ccc1C(F)(F)F. The molecule has 0 aliphatic carbocycles. The summed E-state index contributed by atoms with van der Waals surface area (Å²) in [5.41, 5.74) is 2.84. The molecule has 0 saturated carbocycles. The van der Waals surface area contributed by atoms with Gasteiger partial charge in [-0.2, -0.15) is 13.2 Å². The van der Waals surface area contributed by atoms with Gasteiger partial charge >= 0.3 is 6.18 Å². The maximum absolute atomic E-state index is 12.4. The van der Waals surface area contributed by atoms with Crippen LogP contribution in [0.25, 0.3) is 0 Å². The van der Waals surface area contributed by atoms with Gasteiger partial charge < -0.3 is 5.73 Å². The summed E-state index contributed by atoms with van der Waals surface area (Å²) in [6.07, 6.45) is -4.75. The molecule has 0 saturated heterocycles. The van der Waals surface area contributed by atoms with Crippen LogP contribution in [0.15, 0.2) is 12.1 Å². The van der Waals surface area contributed by atoms with Gasteiger partial charge in [-0.05, 0) is 19.0 Å². The van der Waals surface area contributed by atoms with Crippen molar-refractivity contribution in [3.05, 3.63) is 23.4 Å². The molecule has 0 amide bonds. The predicted molar refractivity (Wildman–Crippen MR) is 38.4 cm³/mol. The first-order valence-electron chi connectivity index (χ1n) is 4.46. The highest BCUT2D eigenvalue weighted by atomic mass is 19.4. The van der Waals surface area contributed by atoms with Gasteiger partial charge in [0.25, 0.3) is 0 Å². The van der Waals surface area contributed by atoms with Crippen LogP contribution in [0.2, 0.25) is 0 Å². The lowest BCUT2D eigenvalue weighted by Crippen LogP contribution is -2.09. The minimum Gasteiger partial charge on any atom is -0.384 e. The van der Waals surface area contributed by atoms with Gasteiger partial charge in [0.1, 0.15) is 5.82 Å². The molecule has 1 aromatic rings. The van der Waals surface area contributed by atoms with Crippen molar-refractivity contribution in [2.45, 2.75) is 13.0 Å². The van der Waals surface area contributed by atoms with Crippen LogP contribution in [0.1, 0.15) is 15.4 Å². The van der Waals surface area contributed by atoms with E-state index in [4.69, 9.17) is 9.85 Å². The molecular formula is C7H7F3N2. The number of rotatable bonds is 0. The molecule has 0 aliphatic heterocycles. The van der Waals surface area contributed by atoms with E-state index in [1.807, 2.05) is 0 Å². The van der Waals surface area contributed by atoms with Gasteiger partial charge in [0.15, 0.2) is 0 Å². The van der Waals surface area contributed by atoms with Crippen molar-refractivity contribution in [3.8, 4) is 0 Å². The Morgan fingerprint density at radius 3 is 2.67 bits per heavy atom. The van der Waals surface area contributed by atoms with Gasteiger partial charge in [-0.15, -0.1) is 0 Å². The van der Waals surface area contributed by atoms with Crippen LogP contribution >= 0.6 is 0 Å². The molecule has 5 heteroatoms. The Balaban J connectivity index is 3.41. The Hall–Kier alpha value is -1.26. The van der Waals surface area contributed by atoms with E-state index < -0.39 is 24.3 Å². The number of alkyl halides is 3. The quantitative estimate of drug-likeness (QED) is 0.661. The molecule has 1 rings (SSSR count). The number of anilines is 1. The lowest BCUT2D eigenvalue weighted by atomic mass is 10.2. The molecule has 0 aliphatic rings. The van der Waals surface area contributed by atoms with Crippen molar-refractivity contribution in [2.75, 3.05) is 5.73 Å². The summed E-state index contributed by atoms with van der Waals surface area (Å²) in [7, 11) is 0. The molecule has 2 N–H and O–H groups in total. The zero-order valence-electron chi connectivity index (χ0n) is 8.81. The largest absolute Gasteiger partial charge is 0.418 e. The number of nitrogen functional groups attached to an aromatic ring is 1. The fourth-order valence-electron chi connectivity index (χ4n) is 0.703. The van der Waals surface area contributed by atoms with Crippen LogP contribution in [-0.4, -0.2) is 4.98 Å². The summed E-state index contributed by atoms with van der Waals surface area (Å²) < 4.78 is 57.9. The van der Waals surface area contributed by atoms with Crippen LogP contribution < -0.4 is 5.73 Å². The first-order valence-corrected chi connectivity index (χ1v) is 2.96. The highest BCUT2D eigenvalue weighted by molar-refractivity contribution is 5.34. The summed E-state index contributed by atoms with van der Waals surface area (Å²) in [4.78, 5) is 3.21. The van der Waals surface area contributed by atoms with Gasteiger partial charge in [0, 0.05) is 4.11 Å². The molecule has 2 nitrogen and oxygen atoms in total. The average Bonchev–Trinajstić information content (AvgIpc) is 2.00. The van der Waals surface area contributed by atoms with Crippen LogP contribution in [-0.2, 0) is 6.18 Å². The number of pyridine rings is 1. The van der Waals surface area contributed by atoms with E-state index in [0.29, 0.717) is 6.07 Å². The molecule has 66 valence electrons. The maximum Gasteiger partial charge on any atom is 0.418 e. The molecule has 0 unspecified atom stereocenters. The highest BCUT2D eigenvalue weighted by Crippen LogP contribution is 2.31. The smallest absolute Gasteiger partial charge is 0.384 e. The van der Waals surface area contributed by atoms with Gasteiger partial charge in [0.05, 0.1) is 11.3 Å². The summed E-state index contributed by atoms with van der Waals surface area (Å²) in [5.74, 6) is -0.255. The van der Waals surface area contributed by atoms with E-state index in [1.165, 1.54) is 0 Å². The third kappa shape index (κ3) is 1.66. The first kappa shape index (κ1) is 5.40. The number of halogens is 3. The van der Waals surface area contributed by atoms with Crippen molar-refractivity contribution in [2.24, 2.45) is 0 Å². The molecular weight excluding hydrogens is 169 g/mol. The van der Waals surface area contributed by atoms with E-state index in [9.17, 15) is 13.2 Å². The van der Waals surface area contributed by atoms with E-state index >= 15 is 0 Å². The number of nitrogens with zero attached hydrogens (tertiary/aromatic N) is 1. The third-order valence-electron chi connectivity index (χ3n) is 1.22. The molecule has 1 heterocycles. The monoisotopic (exact) mass is 179 g/mol. The Labute approximate surface area is 71.4 Å². The zero-order valence-corrected chi connectivity index (χ0v) is 5.81. The molecule has 0 spiro atoms. The van der Waals surface area contributed by atoms with Crippen LogP contribution in [0.3, 0.4) is 0 Å². The van der Waals surface area contributed by atoms with Gasteiger partial charge in [-0.25, -0.2) is 4.98 Å². The number of aryl methyl sites for hydroxylation is 1. The molecule has 0 fully saturated rings. The Morgan fingerprint density at radius 2 is 2.17 bits per heavy atom. The van der Waals surface area contributed by atoms with Gasteiger partial charge in [0.2, 0.25) is 0 Å². The topological polar surface area (TPSA) is 38.9 Å². The standard InChI is InChI=1S/C7H7F3N2/c1-4-5(7(8,9)10)2-3-6(11)12-4/h2-3H,1H3,(H2,11,12)/i1D3. The second-order valence-electron chi connectivity index (χ2n) is 2.13. The molecule has 12 heavy (non-hydrogen) atoms. The van der Waals surface area contributed by atoms with E-state index in [2.05, 4.69) is 4.98 Å². The van der Waals surface area contributed by atoms with Gasteiger partial charge in [-0.1, -0.05) is 0 Å². The van der Waals surface area contributed by atoms with E-state index in [1.54, 1.807) is 0 Å².